The number of ether oxygens (including phenoxy) is 2. The Hall–Kier alpha value is -1.58. The van der Waals surface area contributed by atoms with Crippen molar-refractivity contribution in [3.05, 3.63) is 35.4 Å². The highest BCUT2D eigenvalue weighted by Crippen LogP contribution is 2.30. The molecule has 1 aromatic carbocycles. The molecule has 0 aliphatic carbocycles. The monoisotopic (exact) mass is 271 g/mol. The van der Waals surface area contributed by atoms with Crippen LogP contribution >= 0.6 is 0 Å². The van der Waals surface area contributed by atoms with Gasteiger partial charge in [0.2, 0.25) is 0 Å². The lowest BCUT2D eigenvalue weighted by Gasteiger charge is -2.12. The fraction of sp³-hybridized carbons (Fsp3) is 0.462. The molecule has 0 aromatic heterocycles. The van der Waals surface area contributed by atoms with E-state index in [0.29, 0.717) is 12.2 Å². The second-order valence-corrected chi connectivity index (χ2v) is 4.29. The van der Waals surface area contributed by atoms with Crippen LogP contribution in [0.15, 0.2) is 24.3 Å². The van der Waals surface area contributed by atoms with Crippen LogP contribution in [0.25, 0.3) is 0 Å². The molecule has 3 nitrogen and oxygen atoms in total. The minimum absolute atomic E-state index is 0.221. The first kappa shape index (κ1) is 13.8. The van der Waals surface area contributed by atoms with Gasteiger partial charge in [-0.1, -0.05) is 18.2 Å². The molecule has 1 aromatic rings. The zero-order chi connectivity index (χ0) is 13.9. The highest BCUT2D eigenvalue weighted by molar-refractivity contribution is 5.26. The van der Waals surface area contributed by atoms with E-state index in [1.165, 1.54) is 6.07 Å². The summed E-state index contributed by atoms with van der Waals surface area (Å²) in [6, 6.07) is 7.04. The zero-order valence-corrected chi connectivity index (χ0v) is 9.98. The predicted molar refractivity (Wildman–Crippen MR) is 60.0 cm³/mol. The number of nitriles is 1. The SMILES string of the molecule is N#CCC1COC(Cc2cccc(C(F)(F)F)c2)O1. The minimum Gasteiger partial charge on any atom is -0.350 e. The number of nitrogens with zero attached hydrogens (tertiary/aromatic N) is 1. The van der Waals surface area contributed by atoms with E-state index in [4.69, 9.17) is 14.7 Å². The van der Waals surface area contributed by atoms with Gasteiger partial charge in [-0.15, -0.1) is 0 Å². The van der Waals surface area contributed by atoms with Crippen LogP contribution < -0.4 is 0 Å². The molecule has 1 fully saturated rings. The van der Waals surface area contributed by atoms with Crippen LogP contribution in [0, 0.1) is 11.3 Å². The highest BCUT2D eigenvalue weighted by atomic mass is 19.4. The average molecular weight is 271 g/mol. The maximum absolute atomic E-state index is 12.5. The lowest BCUT2D eigenvalue weighted by atomic mass is 10.1. The quantitative estimate of drug-likeness (QED) is 0.848. The van der Waals surface area contributed by atoms with Gasteiger partial charge in [0.25, 0.3) is 0 Å². The van der Waals surface area contributed by atoms with Crippen molar-refractivity contribution < 1.29 is 22.6 Å². The van der Waals surface area contributed by atoms with Gasteiger partial charge < -0.3 is 9.47 Å². The van der Waals surface area contributed by atoms with Crippen molar-refractivity contribution in [2.24, 2.45) is 0 Å². The lowest BCUT2D eigenvalue weighted by Crippen LogP contribution is -2.15. The smallest absolute Gasteiger partial charge is 0.350 e. The summed E-state index contributed by atoms with van der Waals surface area (Å²) < 4.78 is 48.3. The molecule has 1 saturated heterocycles. The minimum atomic E-state index is -4.35. The first-order valence-corrected chi connectivity index (χ1v) is 5.79. The van der Waals surface area contributed by atoms with Crippen molar-refractivity contribution in [3.63, 3.8) is 0 Å². The second-order valence-electron chi connectivity index (χ2n) is 4.29. The largest absolute Gasteiger partial charge is 0.416 e. The Morgan fingerprint density at radius 2 is 2.16 bits per heavy atom. The van der Waals surface area contributed by atoms with Gasteiger partial charge in [0, 0.05) is 6.42 Å². The molecule has 1 aliphatic rings. The number of hydrogen-bond acceptors (Lipinski definition) is 3. The summed E-state index contributed by atoms with van der Waals surface area (Å²) in [5.41, 5.74) is -0.186. The standard InChI is InChI=1S/C13H12F3NO2/c14-13(15,16)10-3-1-2-9(6-10)7-12-18-8-11(19-12)4-5-17/h1-3,6,11-12H,4,7-8H2. The van der Waals surface area contributed by atoms with Gasteiger partial charge in [-0.2, -0.15) is 18.4 Å². The molecule has 0 spiro atoms. The number of rotatable bonds is 3. The van der Waals surface area contributed by atoms with Crippen molar-refractivity contribution in [1.29, 1.82) is 5.26 Å². The van der Waals surface area contributed by atoms with Crippen LogP contribution in [0.5, 0.6) is 0 Å². The maximum atomic E-state index is 12.5. The van der Waals surface area contributed by atoms with E-state index in [0.717, 1.165) is 12.1 Å². The molecular formula is C13H12F3NO2. The van der Waals surface area contributed by atoms with Crippen LogP contribution in [-0.2, 0) is 22.1 Å². The van der Waals surface area contributed by atoms with Crippen LogP contribution in [0.3, 0.4) is 0 Å². The molecule has 2 rings (SSSR count). The summed E-state index contributed by atoms with van der Waals surface area (Å²) in [4.78, 5) is 0. The van der Waals surface area contributed by atoms with Crippen molar-refractivity contribution in [3.8, 4) is 6.07 Å². The molecule has 19 heavy (non-hydrogen) atoms. The third-order valence-electron chi connectivity index (χ3n) is 2.79. The summed E-state index contributed by atoms with van der Waals surface area (Å²) in [5, 5.41) is 8.52. The molecule has 1 aliphatic heterocycles. The summed E-state index contributed by atoms with van der Waals surface area (Å²) in [5.74, 6) is 0. The van der Waals surface area contributed by atoms with Crippen LogP contribution in [0.1, 0.15) is 17.5 Å². The average Bonchev–Trinajstić information content (AvgIpc) is 2.76. The first-order valence-electron chi connectivity index (χ1n) is 5.79. The molecule has 0 N–H and O–H groups in total. The topological polar surface area (TPSA) is 42.2 Å². The van der Waals surface area contributed by atoms with Crippen LogP contribution in [0.2, 0.25) is 0 Å². The molecule has 1 heterocycles. The highest BCUT2D eigenvalue weighted by Gasteiger charge is 2.31. The normalized spacial score (nSPS) is 23.3. The Kier molecular flexibility index (Phi) is 4.08. The number of halogens is 3. The maximum Gasteiger partial charge on any atom is 0.416 e. The van der Waals surface area contributed by atoms with E-state index in [2.05, 4.69) is 0 Å². The molecule has 0 bridgehead atoms. The van der Waals surface area contributed by atoms with Gasteiger partial charge in [0.1, 0.15) is 0 Å². The molecule has 0 saturated carbocycles. The molecule has 102 valence electrons. The summed E-state index contributed by atoms with van der Waals surface area (Å²) in [6.07, 6.45) is -4.76. The van der Waals surface area contributed by atoms with Gasteiger partial charge >= 0.3 is 6.18 Å². The van der Waals surface area contributed by atoms with Gasteiger partial charge in [-0.3, -0.25) is 0 Å². The Labute approximate surface area is 108 Å². The van der Waals surface area contributed by atoms with Crippen molar-refractivity contribution >= 4 is 0 Å². The third-order valence-corrected chi connectivity index (χ3v) is 2.79. The number of alkyl halides is 3. The number of benzene rings is 1. The van der Waals surface area contributed by atoms with Gasteiger partial charge in [-0.25, -0.2) is 0 Å². The second kappa shape index (κ2) is 5.59. The predicted octanol–water partition coefficient (Wildman–Crippen LogP) is 2.90. The molecule has 6 heteroatoms. The Bertz CT molecular complexity index is 482. The van der Waals surface area contributed by atoms with E-state index >= 15 is 0 Å². The molecule has 0 amide bonds. The fourth-order valence-electron chi connectivity index (χ4n) is 1.89. The molecule has 2 atom stereocenters. The Balaban J connectivity index is 1.99. The van der Waals surface area contributed by atoms with Crippen LogP contribution in [0.4, 0.5) is 13.2 Å². The van der Waals surface area contributed by atoms with Gasteiger partial charge in [0.15, 0.2) is 6.29 Å². The van der Waals surface area contributed by atoms with E-state index in [1.54, 1.807) is 6.07 Å². The van der Waals surface area contributed by atoms with Crippen molar-refractivity contribution in [2.45, 2.75) is 31.4 Å². The van der Waals surface area contributed by atoms with Crippen molar-refractivity contribution in [1.82, 2.24) is 0 Å². The third kappa shape index (κ3) is 3.69. The zero-order valence-electron chi connectivity index (χ0n) is 9.98. The van der Waals surface area contributed by atoms with Gasteiger partial charge in [-0.05, 0) is 11.6 Å². The Morgan fingerprint density at radius 3 is 2.84 bits per heavy atom. The van der Waals surface area contributed by atoms with E-state index in [-0.39, 0.29) is 18.9 Å². The van der Waals surface area contributed by atoms with Gasteiger partial charge in [0.05, 0.1) is 30.8 Å². The summed E-state index contributed by atoms with van der Waals surface area (Å²) >= 11 is 0. The van der Waals surface area contributed by atoms with E-state index in [1.807, 2.05) is 6.07 Å². The summed E-state index contributed by atoms with van der Waals surface area (Å²) in [7, 11) is 0. The first-order chi connectivity index (χ1) is 8.99. The molecular weight excluding hydrogens is 259 g/mol. The number of hydrogen-bond donors (Lipinski definition) is 0. The van der Waals surface area contributed by atoms with E-state index < -0.39 is 18.0 Å². The van der Waals surface area contributed by atoms with Crippen LogP contribution in [-0.4, -0.2) is 19.0 Å². The Morgan fingerprint density at radius 1 is 1.37 bits per heavy atom. The fourth-order valence-corrected chi connectivity index (χ4v) is 1.89. The lowest BCUT2D eigenvalue weighted by molar-refractivity contribution is -0.137. The van der Waals surface area contributed by atoms with E-state index in [9.17, 15) is 13.2 Å². The van der Waals surface area contributed by atoms with Crippen molar-refractivity contribution in [2.75, 3.05) is 6.61 Å². The molecule has 0 radical (unpaired) electrons. The molecule has 2 unspecified atom stereocenters. The summed E-state index contributed by atoms with van der Waals surface area (Å²) in [6.45, 7) is 0.303.